The molecule has 2 heteroatoms. The Morgan fingerprint density at radius 3 is 2.43 bits per heavy atom. The zero-order valence-corrected chi connectivity index (χ0v) is 8.99. The predicted octanol–water partition coefficient (Wildman–Crippen LogP) is 4.17. The van der Waals surface area contributed by atoms with Crippen LogP contribution in [0, 0.1) is 19.7 Å². The first-order valence-electron chi connectivity index (χ1n) is 4.50. The van der Waals surface area contributed by atoms with Crippen LogP contribution < -0.4 is 0 Å². The van der Waals surface area contributed by atoms with E-state index < -0.39 is 0 Å². The molecule has 0 bridgehead atoms. The minimum absolute atomic E-state index is 0.133. The van der Waals surface area contributed by atoms with Crippen molar-refractivity contribution in [2.45, 2.75) is 13.8 Å². The minimum atomic E-state index is -0.133. The Balaban J connectivity index is 2.52. The molecule has 0 unspecified atom stereocenters. The molecule has 0 saturated heterocycles. The van der Waals surface area contributed by atoms with Gasteiger partial charge in [0, 0.05) is 15.3 Å². The van der Waals surface area contributed by atoms with Crippen LogP contribution in [0.25, 0.3) is 10.4 Å². The first-order valence-corrected chi connectivity index (χ1v) is 5.31. The van der Waals surface area contributed by atoms with E-state index >= 15 is 0 Å². The van der Waals surface area contributed by atoms with Gasteiger partial charge in [-0.1, -0.05) is 12.1 Å². The number of aryl methyl sites for hydroxylation is 2. The molecule has 0 spiro atoms. The van der Waals surface area contributed by atoms with Crippen LogP contribution >= 0.6 is 11.3 Å². The monoisotopic (exact) mass is 206 g/mol. The number of halogens is 1. The Labute approximate surface area is 87.0 Å². The van der Waals surface area contributed by atoms with Gasteiger partial charge in [0.25, 0.3) is 0 Å². The molecule has 0 N–H and O–H groups in total. The average molecular weight is 206 g/mol. The average Bonchev–Trinajstić information content (AvgIpc) is 2.51. The van der Waals surface area contributed by atoms with E-state index in [2.05, 4.69) is 0 Å². The summed E-state index contributed by atoms with van der Waals surface area (Å²) in [5.41, 5.74) is 1.66. The molecule has 0 aliphatic rings. The smallest absolute Gasteiger partial charge is 0.132 e. The van der Waals surface area contributed by atoms with Gasteiger partial charge in [-0.05, 0) is 37.6 Å². The Hall–Kier alpha value is -1.15. The molecule has 0 nitrogen and oxygen atoms in total. The topological polar surface area (TPSA) is 0 Å². The summed E-state index contributed by atoms with van der Waals surface area (Å²) in [7, 11) is 0. The Bertz CT molecular complexity index is 457. The van der Waals surface area contributed by atoms with E-state index in [-0.39, 0.29) is 5.82 Å². The molecule has 0 amide bonds. The summed E-state index contributed by atoms with van der Waals surface area (Å²) in [6, 6.07) is 9.33. The highest BCUT2D eigenvalue weighted by molar-refractivity contribution is 7.15. The van der Waals surface area contributed by atoms with E-state index in [1.807, 2.05) is 38.1 Å². The van der Waals surface area contributed by atoms with Gasteiger partial charge in [-0.15, -0.1) is 11.3 Å². The lowest BCUT2D eigenvalue weighted by atomic mass is 10.1. The number of benzene rings is 1. The highest BCUT2D eigenvalue weighted by Gasteiger charge is 2.06. The van der Waals surface area contributed by atoms with Gasteiger partial charge < -0.3 is 0 Å². The van der Waals surface area contributed by atoms with Crippen molar-refractivity contribution in [1.82, 2.24) is 0 Å². The van der Waals surface area contributed by atoms with E-state index in [0.717, 1.165) is 10.4 Å². The summed E-state index contributed by atoms with van der Waals surface area (Å²) in [5, 5.41) is 0. The van der Waals surface area contributed by atoms with E-state index in [4.69, 9.17) is 0 Å². The molecule has 0 saturated carbocycles. The second-order valence-electron chi connectivity index (χ2n) is 3.39. The number of hydrogen-bond donors (Lipinski definition) is 0. The Kier molecular flexibility index (Phi) is 2.38. The van der Waals surface area contributed by atoms with E-state index in [0.29, 0.717) is 5.56 Å². The molecule has 1 aromatic carbocycles. The van der Waals surface area contributed by atoms with Crippen LogP contribution in [-0.2, 0) is 0 Å². The van der Waals surface area contributed by atoms with Crippen molar-refractivity contribution in [3.05, 3.63) is 46.6 Å². The van der Waals surface area contributed by atoms with Crippen molar-refractivity contribution in [2.75, 3.05) is 0 Å². The molecule has 0 atom stereocenters. The van der Waals surface area contributed by atoms with Gasteiger partial charge in [0.2, 0.25) is 0 Å². The molecular formula is C12H11FS. The molecule has 0 aliphatic heterocycles. The first kappa shape index (κ1) is 9.41. The summed E-state index contributed by atoms with van der Waals surface area (Å²) in [4.78, 5) is 2.21. The van der Waals surface area contributed by atoms with E-state index in [1.54, 1.807) is 17.4 Å². The third-order valence-electron chi connectivity index (χ3n) is 2.13. The van der Waals surface area contributed by atoms with Gasteiger partial charge in [-0.2, -0.15) is 0 Å². The van der Waals surface area contributed by atoms with Crippen molar-refractivity contribution in [3.8, 4) is 10.4 Å². The fourth-order valence-electron chi connectivity index (χ4n) is 1.40. The van der Waals surface area contributed by atoms with Crippen LogP contribution in [-0.4, -0.2) is 0 Å². The van der Waals surface area contributed by atoms with Crippen molar-refractivity contribution in [3.63, 3.8) is 0 Å². The lowest BCUT2D eigenvalue weighted by Gasteiger charge is -2.00. The fraction of sp³-hybridized carbons (Fsp3) is 0.167. The number of thiophene rings is 1. The molecule has 2 rings (SSSR count). The summed E-state index contributed by atoms with van der Waals surface area (Å²) in [5.74, 6) is -0.133. The number of hydrogen-bond acceptors (Lipinski definition) is 1. The zero-order valence-electron chi connectivity index (χ0n) is 8.17. The maximum atomic E-state index is 13.6. The Morgan fingerprint density at radius 1 is 1.07 bits per heavy atom. The van der Waals surface area contributed by atoms with Crippen LogP contribution in [0.1, 0.15) is 10.4 Å². The highest BCUT2D eigenvalue weighted by Crippen LogP contribution is 2.29. The maximum absolute atomic E-state index is 13.6. The normalized spacial score (nSPS) is 10.5. The van der Waals surface area contributed by atoms with Crippen LogP contribution in [0.4, 0.5) is 4.39 Å². The summed E-state index contributed by atoms with van der Waals surface area (Å²) in [6.07, 6.45) is 0. The predicted molar refractivity (Wildman–Crippen MR) is 59.2 cm³/mol. The van der Waals surface area contributed by atoms with Gasteiger partial charge in [0.1, 0.15) is 5.82 Å². The molecule has 1 aromatic heterocycles. The van der Waals surface area contributed by atoms with Gasteiger partial charge in [0.15, 0.2) is 0 Å². The zero-order chi connectivity index (χ0) is 10.1. The standard InChI is InChI=1S/C12H11FS/c1-8-3-5-10(11(13)7-8)12-6-4-9(2)14-12/h3-7H,1-2H3. The third kappa shape index (κ3) is 1.70. The first-order chi connectivity index (χ1) is 6.66. The van der Waals surface area contributed by atoms with Crippen LogP contribution in [0.3, 0.4) is 0 Å². The second kappa shape index (κ2) is 3.54. The minimum Gasteiger partial charge on any atom is -0.206 e. The highest BCUT2D eigenvalue weighted by atomic mass is 32.1. The SMILES string of the molecule is Cc1ccc(-c2ccc(C)s2)c(F)c1. The van der Waals surface area contributed by atoms with E-state index in [1.165, 1.54) is 4.88 Å². The van der Waals surface area contributed by atoms with Crippen LogP contribution in [0.2, 0.25) is 0 Å². The Morgan fingerprint density at radius 2 is 1.86 bits per heavy atom. The van der Waals surface area contributed by atoms with Crippen molar-refractivity contribution in [1.29, 1.82) is 0 Å². The summed E-state index contributed by atoms with van der Waals surface area (Å²) in [6.45, 7) is 3.92. The molecule has 2 aromatic rings. The second-order valence-corrected chi connectivity index (χ2v) is 4.68. The molecule has 14 heavy (non-hydrogen) atoms. The van der Waals surface area contributed by atoms with Crippen molar-refractivity contribution >= 4 is 11.3 Å². The van der Waals surface area contributed by atoms with Gasteiger partial charge >= 0.3 is 0 Å². The van der Waals surface area contributed by atoms with Crippen LogP contribution in [0.15, 0.2) is 30.3 Å². The fourth-order valence-corrected chi connectivity index (χ4v) is 2.29. The quantitative estimate of drug-likeness (QED) is 0.657. The van der Waals surface area contributed by atoms with Crippen LogP contribution in [0.5, 0.6) is 0 Å². The molecule has 72 valence electrons. The molecule has 0 fully saturated rings. The van der Waals surface area contributed by atoms with Crippen molar-refractivity contribution < 1.29 is 4.39 Å². The van der Waals surface area contributed by atoms with E-state index in [9.17, 15) is 4.39 Å². The third-order valence-corrected chi connectivity index (χ3v) is 3.16. The van der Waals surface area contributed by atoms with Gasteiger partial charge in [0.05, 0.1) is 0 Å². The molecular weight excluding hydrogens is 195 g/mol. The number of rotatable bonds is 1. The summed E-state index contributed by atoms with van der Waals surface area (Å²) < 4.78 is 13.6. The molecule has 0 aliphatic carbocycles. The van der Waals surface area contributed by atoms with Gasteiger partial charge in [-0.3, -0.25) is 0 Å². The largest absolute Gasteiger partial charge is 0.206 e. The molecule has 0 radical (unpaired) electrons. The lowest BCUT2D eigenvalue weighted by Crippen LogP contribution is -1.82. The van der Waals surface area contributed by atoms with Crippen molar-refractivity contribution in [2.24, 2.45) is 0 Å². The summed E-state index contributed by atoms with van der Waals surface area (Å²) >= 11 is 1.62. The molecule has 1 heterocycles. The lowest BCUT2D eigenvalue weighted by molar-refractivity contribution is 0.630. The maximum Gasteiger partial charge on any atom is 0.132 e. The van der Waals surface area contributed by atoms with Gasteiger partial charge in [-0.25, -0.2) is 4.39 Å².